The van der Waals surface area contributed by atoms with Gasteiger partial charge in [0, 0.05) is 6.42 Å². The van der Waals surface area contributed by atoms with E-state index in [1.807, 2.05) is 43.5 Å². The Morgan fingerprint density at radius 3 is 2.65 bits per heavy atom. The number of aromatic nitrogens is 4. The van der Waals surface area contributed by atoms with Crippen LogP contribution >= 0.6 is 11.8 Å². The standard InChI is InChI=1S/C13H17N5OS/c1-3-13(20-2,9-11(14)19)12-15-16-17-18(12)10-7-5-4-6-8-10/h4-8H,3,9H2,1-2H3,(H2,14,19). The molecule has 6 nitrogen and oxygen atoms in total. The predicted molar refractivity (Wildman–Crippen MR) is 78.4 cm³/mol. The number of carbonyl (C=O) groups excluding carboxylic acids is 1. The lowest BCUT2D eigenvalue weighted by Gasteiger charge is -2.28. The summed E-state index contributed by atoms with van der Waals surface area (Å²) < 4.78 is 1.16. The Bertz CT molecular complexity index is 579. The second-order valence-corrected chi connectivity index (χ2v) is 5.63. The van der Waals surface area contributed by atoms with E-state index < -0.39 is 4.75 Å². The van der Waals surface area contributed by atoms with Gasteiger partial charge in [-0.25, -0.2) is 0 Å². The van der Waals surface area contributed by atoms with Gasteiger partial charge in [-0.2, -0.15) is 4.68 Å². The molecule has 106 valence electrons. The molecule has 1 aromatic carbocycles. The third kappa shape index (κ3) is 2.67. The van der Waals surface area contributed by atoms with Gasteiger partial charge in [0.15, 0.2) is 5.82 Å². The highest BCUT2D eigenvalue weighted by molar-refractivity contribution is 7.99. The van der Waals surface area contributed by atoms with E-state index >= 15 is 0 Å². The van der Waals surface area contributed by atoms with Crippen molar-refractivity contribution in [2.45, 2.75) is 24.5 Å². The Hall–Kier alpha value is -1.89. The number of hydrogen-bond donors (Lipinski definition) is 1. The van der Waals surface area contributed by atoms with E-state index in [0.29, 0.717) is 12.2 Å². The first-order valence-electron chi connectivity index (χ1n) is 6.30. The molecular weight excluding hydrogens is 274 g/mol. The summed E-state index contributed by atoms with van der Waals surface area (Å²) in [7, 11) is 0. The maximum absolute atomic E-state index is 11.4. The summed E-state index contributed by atoms with van der Waals surface area (Å²) in [6, 6.07) is 9.61. The van der Waals surface area contributed by atoms with Crippen molar-refractivity contribution >= 4 is 17.7 Å². The fourth-order valence-corrected chi connectivity index (χ4v) is 3.05. The number of tetrazole rings is 1. The van der Waals surface area contributed by atoms with Gasteiger partial charge in [-0.05, 0) is 35.2 Å². The number of carbonyl (C=O) groups is 1. The Balaban J connectivity index is 2.51. The van der Waals surface area contributed by atoms with Crippen LogP contribution in [0.2, 0.25) is 0 Å². The minimum absolute atomic E-state index is 0.206. The lowest BCUT2D eigenvalue weighted by atomic mass is 9.99. The molecule has 0 fully saturated rings. The molecule has 0 aliphatic carbocycles. The summed E-state index contributed by atoms with van der Waals surface area (Å²) in [6.07, 6.45) is 2.86. The van der Waals surface area contributed by atoms with E-state index in [2.05, 4.69) is 15.5 Å². The number of nitrogens with two attached hydrogens (primary N) is 1. The van der Waals surface area contributed by atoms with Gasteiger partial charge in [-0.15, -0.1) is 16.9 Å². The minimum atomic E-state index is -0.509. The molecule has 0 radical (unpaired) electrons. The van der Waals surface area contributed by atoms with Gasteiger partial charge in [-0.1, -0.05) is 25.1 Å². The zero-order valence-corrected chi connectivity index (χ0v) is 12.3. The van der Waals surface area contributed by atoms with Crippen LogP contribution in [0, 0.1) is 0 Å². The van der Waals surface area contributed by atoms with Gasteiger partial charge in [-0.3, -0.25) is 4.79 Å². The molecule has 0 aliphatic rings. The van der Waals surface area contributed by atoms with Gasteiger partial charge < -0.3 is 5.73 Å². The second-order valence-electron chi connectivity index (χ2n) is 4.44. The zero-order chi connectivity index (χ0) is 14.6. The van der Waals surface area contributed by atoms with E-state index in [0.717, 1.165) is 5.69 Å². The van der Waals surface area contributed by atoms with Crippen molar-refractivity contribution in [1.29, 1.82) is 0 Å². The number of para-hydroxylation sites is 1. The molecule has 20 heavy (non-hydrogen) atoms. The number of hydrogen-bond acceptors (Lipinski definition) is 5. The number of rotatable bonds is 6. The number of thioether (sulfide) groups is 1. The normalized spacial score (nSPS) is 13.9. The highest BCUT2D eigenvalue weighted by Gasteiger charge is 2.37. The average Bonchev–Trinajstić information content (AvgIpc) is 2.95. The van der Waals surface area contributed by atoms with Crippen LogP contribution in [0.15, 0.2) is 30.3 Å². The van der Waals surface area contributed by atoms with Crippen molar-refractivity contribution in [3.8, 4) is 5.69 Å². The van der Waals surface area contributed by atoms with Crippen molar-refractivity contribution in [3.05, 3.63) is 36.2 Å². The molecule has 1 atom stereocenters. The summed E-state index contributed by atoms with van der Waals surface area (Å²) in [5, 5.41) is 11.9. The maximum atomic E-state index is 11.4. The van der Waals surface area contributed by atoms with Crippen LogP contribution in [0.25, 0.3) is 5.69 Å². The zero-order valence-electron chi connectivity index (χ0n) is 11.5. The Kier molecular flexibility index (Phi) is 4.39. The van der Waals surface area contributed by atoms with Gasteiger partial charge in [0.1, 0.15) is 0 Å². The maximum Gasteiger partial charge on any atom is 0.219 e. The number of primary amides is 1. The van der Waals surface area contributed by atoms with Gasteiger partial charge >= 0.3 is 0 Å². The molecule has 0 bridgehead atoms. The number of benzene rings is 1. The first kappa shape index (κ1) is 14.5. The Labute approximate surface area is 121 Å². The van der Waals surface area contributed by atoms with Crippen LogP contribution in [0.3, 0.4) is 0 Å². The smallest absolute Gasteiger partial charge is 0.219 e. The second kappa shape index (κ2) is 6.04. The molecule has 1 heterocycles. The molecule has 0 spiro atoms. The van der Waals surface area contributed by atoms with Crippen molar-refractivity contribution in [2.24, 2.45) is 5.73 Å². The third-order valence-corrected chi connectivity index (χ3v) is 4.70. The Morgan fingerprint density at radius 2 is 2.10 bits per heavy atom. The van der Waals surface area contributed by atoms with Gasteiger partial charge in [0.25, 0.3) is 0 Å². The van der Waals surface area contributed by atoms with Crippen LogP contribution < -0.4 is 5.73 Å². The SMILES string of the molecule is CCC(CC(N)=O)(SC)c1nnnn1-c1ccccc1. The molecule has 7 heteroatoms. The molecule has 1 aromatic heterocycles. The van der Waals surface area contributed by atoms with Crippen LogP contribution in [-0.2, 0) is 9.54 Å². The van der Waals surface area contributed by atoms with E-state index in [9.17, 15) is 4.79 Å². The summed E-state index contributed by atoms with van der Waals surface area (Å²) in [6.45, 7) is 2.00. The fraction of sp³-hybridized carbons (Fsp3) is 0.385. The van der Waals surface area contributed by atoms with Crippen LogP contribution in [-0.4, -0.2) is 32.4 Å². The molecule has 0 aliphatic heterocycles. The topological polar surface area (TPSA) is 86.7 Å². The molecule has 2 rings (SSSR count). The van der Waals surface area contributed by atoms with Crippen molar-refractivity contribution in [2.75, 3.05) is 6.26 Å². The quantitative estimate of drug-likeness (QED) is 0.871. The summed E-state index contributed by atoms with van der Waals surface area (Å²) in [5.74, 6) is 0.293. The molecule has 1 unspecified atom stereocenters. The molecule has 0 saturated heterocycles. The Morgan fingerprint density at radius 1 is 1.40 bits per heavy atom. The monoisotopic (exact) mass is 291 g/mol. The molecule has 1 amide bonds. The van der Waals surface area contributed by atoms with Crippen LogP contribution in [0.4, 0.5) is 0 Å². The lowest BCUT2D eigenvalue weighted by Crippen LogP contribution is -2.31. The van der Waals surface area contributed by atoms with Gasteiger partial charge in [0.05, 0.1) is 10.4 Å². The average molecular weight is 291 g/mol. The van der Waals surface area contributed by atoms with Gasteiger partial charge in [0.2, 0.25) is 5.91 Å². The summed E-state index contributed by atoms with van der Waals surface area (Å²) in [5.41, 5.74) is 6.26. The molecule has 2 N–H and O–H groups in total. The lowest BCUT2D eigenvalue weighted by molar-refractivity contribution is -0.118. The largest absolute Gasteiger partial charge is 0.370 e. The molecular formula is C13H17N5OS. The summed E-state index contributed by atoms with van der Waals surface area (Å²) >= 11 is 1.55. The molecule has 0 saturated carbocycles. The third-order valence-electron chi connectivity index (χ3n) is 3.30. The molecule has 2 aromatic rings. The summed E-state index contributed by atoms with van der Waals surface area (Å²) in [4.78, 5) is 11.4. The number of nitrogens with zero attached hydrogens (tertiary/aromatic N) is 4. The van der Waals surface area contributed by atoms with Crippen LogP contribution in [0.5, 0.6) is 0 Å². The van der Waals surface area contributed by atoms with E-state index in [1.165, 1.54) is 0 Å². The predicted octanol–water partition coefficient (Wildman–Crippen LogP) is 1.51. The van der Waals surface area contributed by atoms with Crippen molar-refractivity contribution in [1.82, 2.24) is 20.2 Å². The highest BCUT2D eigenvalue weighted by atomic mass is 32.2. The van der Waals surface area contributed by atoms with E-state index in [1.54, 1.807) is 16.4 Å². The fourth-order valence-electron chi connectivity index (χ4n) is 2.17. The highest BCUT2D eigenvalue weighted by Crippen LogP contribution is 2.40. The van der Waals surface area contributed by atoms with Crippen molar-refractivity contribution < 1.29 is 4.79 Å². The minimum Gasteiger partial charge on any atom is -0.370 e. The van der Waals surface area contributed by atoms with E-state index in [-0.39, 0.29) is 12.3 Å². The number of amides is 1. The van der Waals surface area contributed by atoms with E-state index in [4.69, 9.17) is 5.73 Å². The first-order valence-corrected chi connectivity index (χ1v) is 7.53. The first-order chi connectivity index (χ1) is 9.63. The van der Waals surface area contributed by atoms with Crippen molar-refractivity contribution in [3.63, 3.8) is 0 Å². The van der Waals surface area contributed by atoms with Crippen LogP contribution in [0.1, 0.15) is 25.6 Å².